The van der Waals surface area contributed by atoms with Gasteiger partial charge in [0.05, 0.1) is 11.4 Å². The van der Waals surface area contributed by atoms with Crippen molar-refractivity contribution in [2.24, 2.45) is 0 Å². The highest BCUT2D eigenvalue weighted by atomic mass is 19.1. The van der Waals surface area contributed by atoms with Gasteiger partial charge in [-0.3, -0.25) is 0 Å². The van der Waals surface area contributed by atoms with Gasteiger partial charge in [0.15, 0.2) is 0 Å². The van der Waals surface area contributed by atoms with Crippen molar-refractivity contribution in [1.29, 1.82) is 0 Å². The highest BCUT2D eigenvalue weighted by molar-refractivity contribution is 5.15. The van der Waals surface area contributed by atoms with Crippen LogP contribution in [0.4, 0.5) is 4.39 Å². The molecule has 0 saturated heterocycles. The van der Waals surface area contributed by atoms with Gasteiger partial charge in [0.25, 0.3) is 0 Å². The van der Waals surface area contributed by atoms with Gasteiger partial charge in [-0.05, 0) is 44.9 Å². The van der Waals surface area contributed by atoms with Gasteiger partial charge in [-0.2, -0.15) is 14.6 Å². The number of hydrogen-bond acceptors (Lipinski definition) is 3. The standard InChI is InChI=1S/C13H14FN3/c1-9-3-5-11(15-13(9)14)7-8-12-6-4-10(2)16-17-12/h3-6H,7-8H2,1-2H3. The molecule has 0 aromatic carbocycles. The second-order valence-electron chi connectivity index (χ2n) is 4.08. The number of halogens is 1. The van der Waals surface area contributed by atoms with Crippen LogP contribution in [0.25, 0.3) is 0 Å². The van der Waals surface area contributed by atoms with Crippen molar-refractivity contribution in [2.75, 3.05) is 0 Å². The molecule has 0 aliphatic heterocycles. The Morgan fingerprint density at radius 2 is 1.65 bits per heavy atom. The minimum atomic E-state index is -0.391. The molecule has 0 spiro atoms. The van der Waals surface area contributed by atoms with Gasteiger partial charge in [-0.25, -0.2) is 4.98 Å². The van der Waals surface area contributed by atoms with Crippen LogP contribution in [-0.4, -0.2) is 15.2 Å². The van der Waals surface area contributed by atoms with E-state index in [4.69, 9.17) is 0 Å². The molecule has 0 bridgehead atoms. The van der Waals surface area contributed by atoms with E-state index in [0.29, 0.717) is 12.0 Å². The summed E-state index contributed by atoms with van der Waals surface area (Å²) in [6.07, 6.45) is 1.40. The molecule has 0 amide bonds. The summed E-state index contributed by atoms with van der Waals surface area (Å²) in [7, 11) is 0. The topological polar surface area (TPSA) is 38.7 Å². The molecule has 0 fully saturated rings. The summed E-state index contributed by atoms with van der Waals surface area (Å²) in [5.41, 5.74) is 3.12. The molecule has 0 aliphatic rings. The SMILES string of the molecule is Cc1ccc(CCc2ccc(C)c(F)n2)nn1. The van der Waals surface area contributed by atoms with Gasteiger partial charge in [0.2, 0.25) is 5.95 Å². The lowest BCUT2D eigenvalue weighted by Crippen LogP contribution is -2.00. The summed E-state index contributed by atoms with van der Waals surface area (Å²) in [6, 6.07) is 7.46. The normalized spacial score (nSPS) is 10.5. The van der Waals surface area contributed by atoms with E-state index in [9.17, 15) is 4.39 Å². The lowest BCUT2D eigenvalue weighted by Gasteiger charge is -2.02. The average Bonchev–Trinajstić information content (AvgIpc) is 2.33. The van der Waals surface area contributed by atoms with E-state index in [0.717, 1.165) is 23.5 Å². The molecule has 0 aliphatic carbocycles. The lowest BCUT2D eigenvalue weighted by atomic mass is 10.1. The highest BCUT2D eigenvalue weighted by Gasteiger charge is 2.02. The zero-order valence-electron chi connectivity index (χ0n) is 9.94. The maximum absolute atomic E-state index is 13.2. The molecule has 2 rings (SSSR count). The molecule has 0 N–H and O–H groups in total. The molecule has 0 unspecified atom stereocenters. The third-order valence-corrected chi connectivity index (χ3v) is 2.58. The first-order valence-corrected chi connectivity index (χ1v) is 5.56. The summed E-state index contributed by atoms with van der Waals surface area (Å²) < 4.78 is 13.2. The van der Waals surface area contributed by atoms with Crippen LogP contribution in [0.3, 0.4) is 0 Å². The van der Waals surface area contributed by atoms with Crippen LogP contribution in [0.1, 0.15) is 22.6 Å². The van der Waals surface area contributed by atoms with Crippen molar-refractivity contribution in [3.05, 3.63) is 52.9 Å². The minimum absolute atomic E-state index is 0.391. The Labute approximate surface area is 99.7 Å². The second kappa shape index (κ2) is 4.99. The molecule has 88 valence electrons. The Hall–Kier alpha value is -1.84. The second-order valence-corrected chi connectivity index (χ2v) is 4.08. The van der Waals surface area contributed by atoms with Crippen molar-refractivity contribution in [3.63, 3.8) is 0 Å². The number of aryl methyl sites for hydroxylation is 4. The average molecular weight is 231 g/mol. The predicted octanol–water partition coefficient (Wildman–Crippen LogP) is 2.41. The summed E-state index contributed by atoms with van der Waals surface area (Å²) in [6.45, 7) is 3.60. The maximum Gasteiger partial charge on any atom is 0.215 e. The molecule has 4 heteroatoms. The fraction of sp³-hybridized carbons (Fsp3) is 0.308. The molecule has 17 heavy (non-hydrogen) atoms. The number of rotatable bonds is 3. The highest BCUT2D eigenvalue weighted by Crippen LogP contribution is 2.07. The Morgan fingerprint density at radius 3 is 2.29 bits per heavy atom. The largest absolute Gasteiger partial charge is 0.225 e. The molecule has 0 radical (unpaired) electrons. The molecule has 2 heterocycles. The monoisotopic (exact) mass is 231 g/mol. The zero-order chi connectivity index (χ0) is 12.3. The Morgan fingerprint density at radius 1 is 0.941 bits per heavy atom. The van der Waals surface area contributed by atoms with E-state index in [-0.39, 0.29) is 0 Å². The molecular weight excluding hydrogens is 217 g/mol. The van der Waals surface area contributed by atoms with Crippen LogP contribution >= 0.6 is 0 Å². The quantitative estimate of drug-likeness (QED) is 0.761. The lowest BCUT2D eigenvalue weighted by molar-refractivity contribution is 0.566. The molecule has 2 aromatic rings. The number of nitrogens with zero attached hydrogens (tertiary/aromatic N) is 3. The third-order valence-electron chi connectivity index (χ3n) is 2.58. The first-order chi connectivity index (χ1) is 8.15. The van der Waals surface area contributed by atoms with Crippen molar-refractivity contribution in [1.82, 2.24) is 15.2 Å². The van der Waals surface area contributed by atoms with E-state index in [1.54, 1.807) is 13.0 Å². The predicted molar refractivity (Wildman–Crippen MR) is 63.1 cm³/mol. The third kappa shape index (κ3) is 3.06. The van der Waals surface area contributed by atoms with E-state index in [1.165, 1.54) is 0 Å². The van der Waals surface area contributed by atoms with Crippen molar-refractivity contribution in [3.8, 4) is 0 Å². The molecule has 3 nitrogen and oxygen atoms in total. The van der Waals surface area contributed by atoms with Crippen molar-refractivity contribution < 1.29 is 4.39 Å². The summed E-state index contributed by atoms with van der Waals surface area (Å²) in [5, 5.41) is 8.04. The molecule has 0 saturated carbocycles. The number of hydrogen-bond donors (Lipinski definition) is 0. The number of pyridine rings is 1. The van der Waals surface area contributed by atoms with Crippen LogP contribution in [0.5, 0.6) is 0 Å². The van der Waals surface area contributed by atoms with Gasteiger partial charge in [0.1, 0.15) is 0 Å². The maximum atomic E-state index is 13.2. The van der Waals surface area contributed by atoms with Crippen LogP contribution in [0.2, 0.25) is 0 Å². The van der Waals surface area contributed by atoms with Gasteiger partial charge in [-0.1, -0.05) is 6.07 Å². The molecule has 0 atom stereocenters. The Kier molecular flexibility index (Phi) is 3.42. The van der Waals surface area contributed by atoms with Gasteiger partial charge < -0.3 is 0 Å². The van der Waals surface area contributed by atoms with E-state index < -0.39 is 5.95 Å². The fourth-order valence-electron chi connectivity index (χ4n) is 1.50. The fourth-order valence-corrected chi connectivity index (χ4v) is 1.50. The van der Waals surface area contributed by atoms with Crippen molar-refractivity contribution in [2.45, 2.75) is 26.7 Å². The smallest absolute Gasteiger partial charge is 0.215 e. The van der Waals surface area contributed by atoms with Crippen LogP contribution in [0.15, 0.2) is 24.3 Å². The first kappa shape index (κ1) is 11.6. The molecule has 2 aromatic heterocycles. The first-order valence-electron chi connectivity index (χ1n) is 5.56. The summed E-state index contributed by atoms with van der Waals surface area (Å²) >= 11 is 0. The number of aromatic nitrogens is 3. The summed E-state index contributed by atoms with van der Waals surface area (Å²) in [4.78, 5) is 3.89. The minimum Gasteiger partial charge on any atom is -0.225 e. The summed E-state index contributed by atoms with van der Waals surface area (Å²) in [5.74, 6) is -0.391. The van der Waals surface area contributed by atoms with Crippen LogP contribution in [0, 0.1) is 19.8 Å². The Bertz CT molecular complexity index is 509. The van der Waals surface area contributed by atoms with Crippen LogP contribution in [-0.2, 0) is 12.8 Å². The van der Waals surface area contributed by atoms with Gasteiger partial charge in [-0.15, -0.1) is 0 Å². The van der Waals surface area contributed by atoms with E-state index >= 15 is 0 Å². The van der Waals surface area contributed by atoms with E-state index in [1.807, 2.05) is 25.1 Å². The van der Waals surface area contributed by atoms with Gasteiger partial charge in [0, 0.05) is 11.3 Å². The van der Waals surface area contributed by atoms with Crippen molar-refractivity contribution >= 4 is 0 Å². The van der Waals surface area contributed by atoms with Crippen LogP contribution < -0.4 is 0 Å². The van der Waals surface area contributed by atoms with Gasteiger partial charge >= 0.3 is 0 Å². The Balaban J connectivity index is 2.02. The molecular formula is C13H14FN3. The van der Waals surface area contributed by atoms with E-state index in [2.05, 4.69) is 15.2 Å². The zero-order valence-corrected chi connectivity index (χ0v) is 9.94.